The molecule has 1 amide bonds. The average molecular weight is 350 g/mol. The van der Waals surface area contributed by atoms with Crippen molar-refractivity contribution in [3.63, 3.8) is 0 Å². The number of halogens is 1. The molecule has 0 radical (unpaired) electrons. The number of amides is 1. The summed E-state index contributed by atoms with van der Waals surface area (Å²) >= 11 is 3.49. The number of carboxylic acid groups (broad SMARTS) is 1. The van der Waals surface area contributed by atoms with E-state index < -0.39 is 5.97 Å². The Morgan fingerprint density at radius 2 is 1.67 bits per heavy atom. The van der Waals surface area contributed by atoms with Gasteiger partial charge in [0.25, 0.3) is 0 Å². The molecule has 0 aliphatic rings. The van der Waals surface area contributed by atoms with Gasteiger partial charge in [0.2, 0.25) is 5.91 Å². The average Bonchev–Trinajstić information content (AvgIpc) is 2.47. The molecule has 2 N–H and O–H groups in total. The summed E-state index contributed by atoms with van der Waals surface area (Å²) in [5, 5.41) is 13.5. The van der Waals surface area contributed by atoms with E-state index in [1.165, 1.54) is 0 Å². The van der Waals surface area contributed by atoms with Crippen molar-refractivity contribution in [1.82, 2.24) is 0 Å². The van der Waals surface area contributed by atoms with E-state index in [2.05, 4.69) is 21.2 Å². The van der Waals surface area contributed by atoms with Crippen molar-refractivity contribution in [2.45, 2.75) is 25.7 Å². The predicted molar refractivity (Wildman–Crippen MR) is 86.4 cm³/mol. The first-order chi connectivity index (χ1) is 10.1. The molecule has 0 saturated carbocycles. The summed E-state index contributed by atoms with van der Waals surface area (Å²) in [6.07, 6.45) is 1.53. The molecule has 0 heterocycles. The van der Waals surface area contributed by atoms with Crippen LogP contribution in [-0.2, 0) is 9.59 Å². The lowest BCUT2D eigenvalue weighted by molar-refractivity contribution is -0.137. The molecule has 2 rings (SSSR count). The molecule has 0 aliphatic carbocycles. The number of nitrogens with one attached hydrogen (secondary N) is 1. The van der Waals surface area contributed by atoms with Crippen LogP contribution in [0.5, 0.6) is 0 Å². The van der Waals surface area contributed by atoms with Crippen LogP contribution in [0.2, 0.25) is 0 Å². The smallest absolute Gasteiger partial charge is 0.303 e. The van der Waals surface area contributed by atoms with Crippen molar-refractivity contribution in [3.05, 3.63) is 40.9 Å². The summed E-state index contributed by atoms with van der Waals surface area (Å²) in [4.78, 5) is 22.3. The second kappa shape index (κ2) is 7.22. The van der Waals surface area contributed by atoms with Crippen molar-refractivity contribution < 1.29 is 14.7 Å². The fraction of sp³-hybridized carbons (Fsp3) is 0.250. The van der Waals surface area contributed by atoms with Gasteiger partial charge in [0.15, 0.2) is 0 Å². The molecule has 0 atom stereocenters. The summed E-state index contributed by atoms with van der Waals surface area (Å²) < 4.78 is 0.984. The lowest BCUT2D eigenvalue weighted by atomic mass is 10.1. The Balaban J connectivity index is 2.01. The van der Waals surface area contributed by atoms with E-state index in [-0.39, 0.29) is 12.3 Å². The highest BCUT2D eigenvalue weighted by atomic mass is 79.9. The van der Waals surface area contributed by atoms with Gasteiger partial charge in [-0.05, 0) is 30.4 Å². The van der Waals surface area contributed by atoms with Gasteiger partial charge in [-0.15, -0.1) is 0 Å². The van der Waals surface area contributed by atoms with Crippen molar-refractivity contribution in [1.29, 1.82) is 0 Å². The Hall–Kier alpha value is -1.88. The SMILES string of the molecule is O=C(O)CCCCC(=O)Nc1ccc(Br)c2ccccc12. The molecule has 0 saturated heterocycles. The van der Waals surface area contributed by atoms with Gasteiger partial charge < -0.3 is 10.4 Å². The molecule has 5 heteroatoms. The number of anilines is 1. The van der Waals surface area contributed by atoms with Crippen LogP contribution in [0.15, 0.2) is 40.9 Å². The second-order valence-corrected chi connectivity index (χ2v) is 5.64. The standard InChI is InChI=1S/C16H16BrNO3/c17-13-9-10-14(12-6-2-1-5-11(12)13)18-15(19)7-3-4-8-16(20)21/h1-2,5-6,9-10H,3-4,7-8H2,(H,18,19)(H,20,21). The van der Waals surface area contributed by atoms with Crippen molar-refractivity contribution >= 4 is 44.3 Å². The van der Waals surface area contributed by atoms with Crippen molar-refractivity contribution in [3.8, 4) is 0 Å². The predicted octanol–water partition coefficient (Wildman–Crippen LogP) is 4.19. The minimum atomic E-state index is -0.825. The number of aliphatic carboxylic acids is 1. The van der Waals surface area contributed by atoms with Gasteiger partial charge >= 0.3 is 5.97 Å². The molecule has 0 fully saturated rings. The highest BCUT2D eigenvalue weighted by Crippen LogP contribution is 2.30. The molecule has 2 aromatic carbocycles. The minimum absolute atomic E-state index is 0.0899. The third-order valence-corrected chi connectivity index (χ3v) is 3.88. The highest BCUT2D eigenvalue weighted by Gasteiger charge is 2.08. The molecule has 0 aromatic heterocycles. The maximum Gasteiger partial charge on any atom is 0.303 e. The highest BCUT2D eigenvalue weighted by molar-refractivity contribution is 9.10. The number of carbonyl (C=O) groups excluding carboxylic acids is 1. The quantitative estimate of drug-likeness (QED) is 0.768. The number of benzene rings is 2. The van der Waals surface area contributed by atoms with Gasteiger partial charge in [-0.3, -0.25) is 9.59 Å². The van der Waals surface area contributed by atoms with Crippen molar-refractivity contribution in [2.24, 2.45) is 0 Å². The summed E-state index contributed by atoms with van der Waals surface area (Å²) in [6.45, 7) is 0. The number of carbonyl (C=O) groups is 2. The molecule has 0 aliphatic heterocycles. The van der Waals surface area contributed by atoms with E-state index in [1.54, 1.807) is 0 Å². The van der Waals surface area contributed by atoms with Crippen LogP contribution in [0.25, 0.3) is 10.8 Å². The number of rotatable bonds is 6. The molecule has 110 valence electrons. The summed E-state index contributed by atoms with van der Waals surface area (Å²) in [5.74, 6) is -0.915. The Bertz CT molecular complexity index is 670. The lowest BCUT2D eigenvalue weighted by Crippen LogP contribution is -2.11. The first-order valence-corrected chi connectivity index (χ1v) is 7.56. The fourth-order valence-electron chi connectivity index (χ4n) is 2.15. The molecular formula is C16H16BrNO3. The maximum absolute atomic E-state index is 11.9. The molecule has 2 aromatic rings. The Morgan fingerprint density at radius 3 is 2.38 bits per heavy atom. The van der Waals surface area contributed by atoms with E-state index in [1.807, 2.05) is 36.4 Å². The Kier molecular flexibility index (Phi) is 5.33. The fourth-order valence-corrected chi connectivity index (χ4v) is 2.62. The number of carboxylic acids is 1. The summed E-state index contributed by atoms with van der Waals surface area (Å²) in [5.41, 5.74) is 0.775. The minimum Gasteiger partial charge on any atom is -0.481 e. The molecule has 0 spiro atoms. The second-order valence-electron chi connectivity index (χ2n) is 4.79. The van der Waals surface area contributed by atoms with Crippen LogP contribution >= 0.6 is 15.9 Å². The molecule has 4 nitrogen and oxygen atoms in total. The number of unbranched alkanes of at least 4 members (excludes halogenated alkanes) is 1. The van der Waals surface area contributed by atoms with Crippen LogP contribution in [-0.4, -0.2) is 17.0 Å². The molecule has 0 bridgehead atoms. The summed E-state index contributed by atoms with van der Waals surface area (Å²) in [7, 11) is 0. The topological polar surface area (TPSA) is 66.4 Å². The number of hydrogen-bond donors (Lipinski definition) is 2. The molecule has 0 unspecified atom stereocenters. The van der Waals surface area contributed by atoms with Gasteiger partial charge in [0.05, 0.1) is 0 Å². The lowest BCUT2D eigenvalue weighted by Gasteiger charge is -2.10. The third kappa shape index (κ3) is 4.29. The van der Waals surface area contributed by atoms with E-state index in [0.29, 0.717) is 19.3 Å². The van der Waals surface area contributed by atoms with Crippen LogP contribution < -0.4 is 5.32 Å². The van der Waals surface area contributed by atoms with Gasteiger partial charge in [-0.1, -0.05) is 40.2 Å². The van der Waals surface area contributed by atoms with Crippen LogP contribution in [0.4, 0.5) is 5.69 Å². The van der Waals surface area contributed by atoms with E-state index >= 15 is 0 Å². The Labute approximate surface area is 131 Å². The van der Waals surface area contributed by atoms with E-state index in [0.717, 1.165) is 20.9 Å². The Morgan fingerprint density at radius 1 is 1.00 bits per heavy atom. The van der Waals surface area contributed by atoms with Gasteiger partial charge in [0, 0.05) is 28.4 Å². The normalized spacial score (nSPS) is 10.5. The largest absolute Gasteiger partial charge is 0.481 e. The van der Waals surface area contributed by atoms with Crippen LogP contribution in [0.3, 0.4) is 0 Å². The van der Waals surface area contributed by atoms with Gasteiger partial charge in [-0.25, -0.2) is 0 Å². The number of hydrogen-bond acceptors (Lipinski definition) is 2. The van der Waals surface area contributed by atoms with Crippen molar-refractivity contribution in [2.75, 3.05) is 5.32 Å². The zero-order chi connectivity index (χ0) is 15.2. The van der Waals surface area contributed by atoms with Crippen LogP contribution in [0, 0.1) is 0 Å². The summed E-state index contributed by atoms with van der Waals surface area (Å²) in [6, 6.07) is 11.6. The molecule has 21 heavy (non-hydrogen) atoms. The number of fused-ring (bicyclic) bond motifs is 1. The third-order valence-electron chi connectivity index (χ3n) is 3.19. The van der Waals surface area contributed by atoms with E-state index in [9.17, 15) is 9.59 Å². The zero-order valence-corrected chi connectivity index (χ0v) is 13.0. The zero-order valence-electron chi connectivity index (χ0n) is 11.4. The maximum atomic E-state index is 11.9. The molecular weight excluding hydrogens is 334 g/mol. The first kappa shape index (κ1) is 15.5. The van der Waals surface area contributed by atoms with Crippen LogP contribution in [0.1, 0.15) is 25.7 Å². The first-order valence-electron chi connectivity index (χ1n) is 6.77. The monoisotopic (exact) mass is 349 g/mol. The van der Waals surface area contributed by atoms with Gasteiger partial charge in [-0.2, -0.15) is 0 Å². The van der Waals surface area contributed by atoms with Gasteiger partial charge in [0.1, 0.15) is 0 Å². The van der Waals surface area contributed by atoms with E-state index in [4.69, 9.17) is 5.11 Å².